The Labute approximate surface area is 137 Å². The summed E-state index contributed by atoms with van der Waals surface area (Å²) in [6, 6.07) is 4.47. The van der Waals surface area contributed by atoms with Crippen molar-refractivity contribution in [1.82, 2.24) is 0 Å². The number of amidine groups is 1. The first-order valence-corrected chi connectivity index (χ1v) is 7.60. The van der Waals surface area contributed by atoms with Crippen LogP contribution in [-0.2, 0) is 11.0 Å². The van der Waals surface area contributed by atoms with Crippen LogP contribution in [0.2, 0.25) is 0 Å². The van der Waals surface area contributed by atoms with Gasteiger partial charge in [0.1, 0.15) is 4.71 Å². The number of nitrogens with zero attached hydrogens (tertiary/aromatic N) is 2. The molecule has 1 heterocycles. The summed E-state index contributed by atoms with van der Waals surface area (Å²) in [6.07, 6.45) is -4.50. The van der Waals surface area contributed by atoms with Crippen molar-refractivity contribution in [3.05, 3.63) is 29.8 Å². The number of benzene rings is 1. The van der Waals surface area contributed by atoms with Gasteiger partial charge in [-0.3, -0.25) is 4.79 Å². The Bertz CT molecular complexity index is 609. The van der Waals surface area contributed by atoms with E-state index in [1.807, 2.05) is 0 Å². The summed E-state index contributed by atoms with van der Waals surface area (Å²) in [5.41, 5.74) is -3.01. The van der Waals surface area contributed by atoms with E-state index >= 15 is 0 Å². The lowest BCUT2D eigenvalue weighted by molar-refractivity contribution is -0.137. The standard InChI is InChI=1S/C12H8Cl2F4N2OS/c13-8-5-20(11(22-8)19-10(21)9(14)15)7-3-1-2-6(4-7)12(16,17)18/h1-4,8-9H,5H2. The summed E-state index contributed by atoms with van der Waals surface area (Å²) >= 11 is 11.9. The fraction of sp³-hybridized carbons (Fsp3) is 0.333. The van der Waals surface area contributed by atoms with E-state index in [-0.39, 0.29) is 17.4 Å². The minimum absolute atomic E-state index is 0.00706. The summed E-state index contributed by atoms with van der Waals surface area (Å²) < 4.78 is 50.4. The van der Waals surface area contributed by atoms with Gasteiger partial charge in [-0.1, -0.05) is 29.4 Å². The van der Waals surface area contributed by atoms with Crippen molar-refractivity contribution in [2.45, 2.75) is 16.5 Å². The van der Waals surface area contributed by atoms with Crippen molar-refractivity contribution >= 4 is 51.7 Å². The number of alkyl halides is 6. The molecule has 1 aliphatic heterocycles. The molecule has 120 valence electrons. The monoisotopic (exact) mass is 374 g/mol. The van der Waals surface area contributed by atoms with E-state index in [2.05, 4.69) is 4.99 Å². The molecule has 2 unspecified atom stereocenters. The van der Waals surface area contributed by atoms with E-state index in [9.17, 15) is 22.4 Å². The van der Waals surface area contributed by atoms with Gasteiger partial charge >= 0.3 is 6.18 Å². The molecule has 1 fully saturated rings. The van der Waals surface area contributed by atoms with Crippen LogP contribution in [0.4, 0.5) is 23.2 Å². The first-order valence-electron chi connectivity index (χ1n) is 5.84. The number of amides is 1. The van der Waals surface area contributed by atoms with Gasteiger partial charge in [0.15, 0.2) is 5.17 Å². The molecule has 0 aromatic heterocycles. The van der Waals surface area contributed by atoms with Crippen LogP contribution in [0.25, 0.3) is 0 Å². The number of hydrogen-bond donors (Lipinski definition) is 0. The molecule has 1 amide bonds. The Morgan fingerprint density at radius 3 is 2.73 bits per heavy atom. The Morgan fingerprint density at radius 1 is 1.45 bits per heavy atom. The fourth-order valence-corrected chi connectivity index (χ4v) is 3.06. The van der Waals surface area contributed by atoms with Crippen LogP contribution >= 0.6 is 35.0 Å². The lowest BCUT2D eigenvalue weighted by atomic mass is 10.2. The average Bonchev–Trinajstić information content (AvgIpc) is 2.78. The van der Waals surface area contributed by atoms with Gasteiger partial charge in [-0.25, -0.2) is 4.39 Å². The molecule has 0 radical (unpaired) electrons. The Hall–Kier alpha value is -0.990. The third-order valence-electron chi connectivity index (χ3n) is 2.67. The zero-order chi connectivity index (χ0) is 16.5. The van der Waals surface area contributed by atoms with Crippen molar-refractivity contribution in [2.24, 2.45) is 4.99 Å². The van der Waals surface area contributed by atoms with Gasteiger partial charge in [-0.15, -0.1) is 11.6 Å². The zero-order valence-corrected chi connectivity index (χ0v) is 13.0. The molecule has 2 atom stereocenters. The molecule has 3 nitrogen and oxygen atoms in total. The Balaban J connectivity index is 2.35. The number of thioether (sulfide) groups is 1. The number of halogens is 6. The fourth-order valence-electron chi connectivity index (χ4n) is 1.73. The molecular weight excluding hydrogens is 367 g/mol. The van der Waals surface area contributed by atoms with Crippen LogP contribution in [0.1, 0.15) is 5.56 Å². The maximum atomic E-state index is 12.7. The van der Waals surface area contributed by atoms with Gasteiger partial charge in [0.25, 0.3) is 11.5 Å². The van der Waals surface area contributed by atoms with Crippen LogP contribution < -0.4 is 4.90 Å². The van der Waals surface area contributed by atoms with E-state index in [0.717, 1.165) is 23.9 Å². The van der Waals surface area contributed by atoms with Gasteiger partial charge in [0.2, 0.25) is 0 Å². The Kier molecular flexibility index (Phi) is 5.24. The topological polar surface area (TPSA) is 32.7 Å². The molecule has 0 bridgehead atoms. The zero-order valence-electron chi connectivity index (χ0n) is 10.6. The highest BCUT2D eigenvalue weighted by Gasteiger charge is 2.34. The summed E-state index contributed by atoms with van der Waals surface area (Å²) in [5.74, 6) is -1.23. The van der Waals surface area contributed by atoms with E-state index in [1.165, 1.54) is 17.0 Å². The molecular formula is C12H8Cl2F4N2OS. The minimum atomic E-state index is -4.50. The van der Waals surface area contributed by atoms with Gasteiger partial charge in [0, 0.05) is 5.69 Å². The second-order valence-corrected chi connectivity index (χ2v) is 6.56. The highest BCUT2D eigenvalue weighted by Crippen LogP contribution is 2.36. The van der Waals surface area contributed by atoms with Crippen LogP contribution in [0, 0.1) is 0 Å². The highest BCUT2D eigenvalue weighted by molar-refractivity contribution is 8.16. The molecule has 0 N–H and O–H groups in total. The third-order valence-corrected chi connectivity index (χ3v) is 4.19. The number of rotatable bonds is 2. The first kappa shape index (κ1) is 17.4. The maximum absolute atomic E-state index is 12.7. The minimum Gasteiger partial charge on any atom is -0.318 e. The van der Waals surface area contributed by atoms with Crippen LogP contribution in [-0.4, -0.2) is 28.0 Å². The molecule has 0 spiro atoms. The lowest BCUT2D eigenvalue weighted by Crippen LogP contribution is -2.26. The molecule has 1 aromatic rings. The molecule has 1 aromatic carbocycles. The lowest BCUT2D eigenvalue weighted by Gasteiger charge is -2.19. The molecule has 2 rings (SSSR count). The van der Waals surface area contributed by atoms with Crippen LogP contribution in [0.5, 0.6) is 0 Å². The van der Waals surface area contributed by atoms with E-state index < -0.39 is 28.0 Å². The summed E-state index contributed by atoms with van der Waals surface area (Å²) in [4.78, 5) is 16.0. The quantitative estimate of drug-likeness (QED) is 0.573. The van der Waals surface area contributed by atoms with Crippen molar-refractivity contribution in [2.75, 3.05) is 11.4 Å². The maximum Gasteiger partial charge on any atom is 0.416 e. The number of carbonyl (C=O) groups excluding carboxylic acids is 1. The molecule has 10 heteroatoms. The second kappa shape index (κ2) is 6.64. The summed E-state index contributed by atoms with van der Waals surface area (Å²) in [7, 11) is 0. The van der Waals surface area contributed by atoms with Gasteiger partial charge in [0.05, 0.1) is 12.1 Å². The summed E-state index contributed by atoms with van der Waals surface area (Å²) in [5, 5.41) is 0.00706. The number of carbonyl (C=O) groups is 1. The predicted molar refractivity (Wildman–Crippen MR) is 79.2 cm³/mol. The number of aliphatic imine (C=N–C) groups is 1. The Morgan fingerprint density at radius 2 is 2.14 bits per heavy atom. The average molecular weight is 375 g/mol. The molecule has 1 aliphatic rings. The molecule has 0 aliphatic carbocycles. The number of hydrogen-bond acceptors (Lipinski definition) is 2. The SMILES string of the molecule is O=C(N=C1SC(Cl)CN1c1cccc(C(F)(F)F)c1)C(F)Cl. The normalized spacial score (nSPS) is 22.2. The summed E-state index contributed by atoms with van der Waals surface area (Å²) in [6.45, 7) is 0.124. The molecule has 1 saturated heterocycles. The number of anilines is 1. The predicted octanol–water partition coefficient (Wildman–Crippen LogP) is 4.24. The van der Waals surface area contributed by atoms with E-state index in [1.54, 1.807) is 0 Å². The third kappa shape index (κ3) is 4.05. The smallest absolute Gasteiger partial charge is 0.318 e. The highest BCUT2D eigenvalue weighted by atomic mass is 35.5. The van der Waals surface area contributed by atoms with Crippen LogP contribution in [0.3, 0.4) is 0 Å². The second-order valence-electron chi connectivity index (χ2n) is 4.22. The largest absolute Gasteiger partial charge is 0.416 e. The van der Waals surface area contributed by atoms with E-state index in [4.69, 9.17) is 23.2 Å². The first-order chi connectivity index (χ1) is 10.2. The van der Waals surface area contributed by atoms with Gasteiger partial charge in [-0.2, -0.15) is 18.2 Å². The van der Waals surface area contributed by atoms with Crippen molar-refractivity contribution in [3.63, 3.8) is 0 Å². The van der Waals surface area contributed by atoms with Crippen molar-refractivity contribution in [3.8, 4) is 0 Å². The molecule has 22 heavy (non-hydrogen) atoms. The van der Waals surface area contributed by atoms with Gasteiger partial charge < -0.3 is 4.90 Å². The van der Waals surface area contributed by atoms with Crippen LogP contribution in [0.15, 0.2) is 29.3 Å². The van der Waals surface area contributed by atoms with E-state index in [0.29, 0.717) is 0 Å². The molecule has 0 saturated carbocycles. The van der Waals surface area contributed by atoms with Gasteiger partial charge in [-0.05, 0) is 18.2 Å². The van der Waals surface area contributed by atoms with Crippen molar-refractivity contribution < 1.29 is 22.4 Å². The van der Waals surface area contributed by atoms with Crippen molar-refractivity contribution in [1.29, 1.82) is 0 Å².